The van der Waals surface area contributed by atoms with E-state index in [9.17, 15) is 0 Å². The van der Waals surface area contributed by atoms with Crippen LogP contribution in [0, 0.1) is 13.0 Å². The van der Waals surface area contributed by atoms with Gasteiger partial charge in [-0.2, -0.15) is 7.05 Å². The topological polar surface area (TPSA) is 25.8 Å². The Labute approximate surface area is 57.6 Å². The highest BCUT2D eigenvalue weighted by Crippen LogP contribution is 1.90. The molecule has 2 N–H and O–H groups in total. The number of hydrogen-bond donors (Lipinski definition) is 1. The van der Waals surface area contributed by atoms with Crippen LogP contribution >= 0.6 is 0 Å². The predicted molar refractivity (Wildman–Crippen MR) is 37.8 cm³/mol. The van der Waals surface area contributed by atoms with Gasteiger partial charge in [-0.05, 0) is 5.92 Å². The molecule has 0 saturated carbocycles. The zero-order valence-electron chi connectivity index (χ0n) is 6.39. The molecule has 0 spiro atoms. The Bertz CT molecular complexity index is 54.9. The third-order valence-electron chi connectivity index (χ3n) is 0.917. The summed E-state index contributed by atoms with van der Waals surface area (Å²) < 4.78 is 5.26. The van der Waals surface area contributed by atoms with Crippen LogP contribution in [0.25, 0.3) is 0 Å². The van der Waals surface area contributed by atoms with E-state index < -0.39 is 0 Å². The van der Waals surface area contributed by atoms with Crippen LogP contribution in [0.3, 0.4) is 0 Å². The third kappa shape index (κ3) is 7.92. The van der Waals surface area contributed by atoms with Crippen molar-refractivity contribution < 1.29 is 10.1 Å². The second kappa shape index (κ2) is 6.05. The van der Waals surface area contributed by atoms with E-state index in [0.717, 1.165) is 19.8 Å². The Morgan fingerprint density at radius 2 is 2.22 bits per heavy atom. The van der Waals surface area contributed by atoms with Gasteiger partial charge in [0.1, 0.15) is 0 Å². The monoisotopic (exact) mass is 131 g/mol. The first-order valence-electron chi connectivity index (χ1n) is 3.46. The van der Waals surface area contributed by atoms with E-state index >= 15 is 0 Å². The molecule has 0 aromatic heterocycles. The molecule has 0 aliphatic rings. The van der Waals surface area contributed by atoms with Gasteiger partial charge in [0, 0.05) is 6.61 Å². The first kappa shape index (κ1) is 8.92. The Kier molecular flexibility index (Phi) is 5.99. The van der Waals surface area contributed by atoms with Gasteiger partial charge in [-0.25, -0.2) is 0 Å². The van der Waals surface area contributed by atoms with Crippen LogP contribution in [0.1, 0.15) is 13.8 Å². The van der Waals surface area contributed by atoms with Gasteiger partial charge in [0.2, 0.25) is 0 Å². The Balaban J connectivity index is 2.75. The molecule has 0 aromatic carbocycles. The zero-order chi connectivity index (χ0) is 7.11. The molecule has 0 aromatic rings. The van der Waals surface area contributed by atoms with Crippen molar-refractivity contribution in [1.82, 2.24) is 0 Å². The van der Waals surface area contributed by atoms with Crippen molar-refractivity contribution in [1.29, 1.82) is 0 Å². The minimum absolute atomic E-state index is 0.648. The van der Waals surface area contributed by atoms with Crippen LogP contribution < -0.4 is 5.32 Å². The molecule has 0 unspecified atom stereocenters. The maximum Gasteiger partial charge on any atom is 0.0934 e. The first-order valence-corrected chi connectivity index (χ1v) is 3.46. The van der Waals surface area contributed by atoms with Gasteiger partial charge >= 0.3 is 0 Å². The molecule has 0 rings (SSSR count). The molecule has 0 amide bonds. The molecule has 0 aliphatic heterocycles. The maximum absolute atomic E-state index is 5.26. The Hall–Kier alpha value is -0.0800. The van der Waals surface area contributed by atoms with E-state index in [-0.39, 0.29) is 0 Å². The highest BCUT2D eigenvalue weighted by molar-refractivity contribution is 4.38. The SMILES string of the molecule is [CH2-][NH2+]CCOCC(C)C. The fourth-order valence-corrected chi connectivity index (χ4v) is 0.486. The average Bonchev–Trinajstić information content (AvgIpc) is 1.80. The second-order valence-corrected chi connectivity index (χ2v) is 2.55. The summed E-state index contributed by atoms with van der Waals surface area (Å²) in [5.41, 5.74) is 0. The summed E-state index contributed by atoms with van der Waals surface area (Å²) >= 11 is 0. The van der Waals surface area contributed by atoms with E-state index in [1.54, 1.807) is 0 Å². The lowest BCUT2D eigenvalue weighted by Gasteiger charge is -2.05. The highest BCUT2D eigenvalue weighted by atomic mass is 16.5. The van der Waals surface area contributed by atoms with Crippen molar-refractivity contribution in [3.8, 4) is 0 Å². The molecule has 0 fully saturated rings. The predicted octanol–water partition coefficient (Wildman–Crippen LogP) is 0.0140. The number of nitrogens with two attached hydrogens (primary N) is 1. The largest absolute Gasteiger partial charge is 0.477 e. The van der Waals surface area contributed by atoms with Crippen LogP contribution in [-0.4, -0.2) is 19.8 Å². The lowest BCUT2D eigenvalue weighted by atomic mass is 10.2. The summed E-state index contributed by atoms with van der Waals surface area (Å²) in [6, 6.07) is 0. The molecule has 2 nitrogen and oxygen atoms in total. The van der Waals surface area contributed by atoms with Crippen molar-refractivity contribution in [3.05, 3.63) is 7.05 Å². The molecular weight excluding hydrogens is 114 g/mol. The van der Waals surface area contributed by atoms with Gasteiger partial charge in [0.15, 0.2) is 0 Å². The molecule has 0 saturated heterocycles. The highest BCUT2D eigenvalue weighted by Gasteiger charge is 1.91. The molecule has 0 bridgehead atoms. The van der Waals surface area contributed by atoms with E-state index in [1.165, 1.54) is 0 Å². The summed E-state index contributed by atoms with van der Waals surface area (Å²) in [5.74, 6) is 0.648. The van der Waals surface area contributed by atoms with Crippen LogP contribution in [0.4, 0.5) is 0 Å². The molecule has 0 atom stereocenters. The summed E-state index contributed by atoms with van der Waals surface area (Å²) in [5, 5.41) is 1.88. The third-order valence-corrected chi connectivity index (χ3v) is 0.917. The molecule has 0 heterocycles. The molecule has 9 heavy (non-hydrogen) atoms. The van der Waals surface area contributed by atoms with Gasteiger partial charge in [-0.3, -0.25) is 0 Å². The number of quaternary nitrogens is 1. The van der Waals surface area contributed by atoms with Crippen molar-refractivity contribution in [2.75, 3.05) is 19.8 Å². The van der Waals surface area contributed by atoms with E-state index in [2.05, 4.69) is 20.9 Å². The van der Waals surface area contributed by atoms with E-state index in [0.29, 0.717) is 5.92 Å². The van der Waals surface area contributed by atoms with Crippen molar-refractivity contribution in [3.63, 3.8) is 0 Å². The summed E-state index contributed by atoms with van der Waals surface area (Å²) in [6.45, 7) is 6.95. The zero-order valence-corrected chi connectivity index (χ0v) is 6.39. The van der Waals surface area contributed by atoms with E-state index in [1.807, 2.05) is 5.32 Å². The van der Waals surface area contributed by atoms with Gasteiger partial charge < -0.3 is 10.1 Å². The van der Waals surface area contributed by atoms with Crippen molar-refractivity contribution in [2.45, 2.75) is 13.8 Å². The summed E-state index contributed by atoms with van der Waals surface area (Å²) in [7, 11) is 3.60. The summed E-state index contributed by atoms with van der Waals surface area (Å²) in [6.07, 6.45) is 0. The lowest BCUT2D eigenvalue weighted by molar-refractivity contribution is -0.597. The molecule has 0 radical (unpaired) electrons. The second-order valence-electron chi connectivity index (χ2n) is 2.55. The van der Waals surface area contributed by atoms with E-state index in [4.69, 9.17) is 4.74 Å². The standard InChI is InChI=1S/C7H17NO/c1-7(2)6-9-5-4-8-3/h7H,3-6,8H2,1-2H3. The minimum Gasteiger partial charge on any atom is -0.477 e. The average molecular weight is 131 g/mol. The van der Waals surface area contributed by atoms with Crippen molar-refractivity contribution in [2.24, 2.45) is 5.92 Å². The Morgan fingerprint density at radius 1 is 1.56 bits per heavy atom. The quantitative estimate of drug-likeness (QED) is 0.413. The number of rotatable bonds is 5. The lowest BCUT2D eigenvalue weighted by Crippen LogP contribution is -2.78. The van der Waals surface area contributed by atoms with Gasteiger partial charge in [0.25, 0.3) is 0 Å². The van der Waals surface area contributed by atoms with Crippen LogP contribution in [0.2, 0.25) is 0 Å². The normalized spacial score (nSPS) is 10.7. The number of ether oxygens (including phenoxy) is 1. The molecule has 0 aliphatic carbocycles. The smallest absolute Gasteiger partial charge is 0.0934 e. The van der Waals surface area contributed by atoms with Gasteiger partial charge in [-0.15, -0.1) is 0 Å². The van der Waals surface area contributed by atoms with Gasteiger partial charge in [-0.1, -0.05) is 13.8 Å². The summed E-state index contributed by atoms with van der Waals surface area (Å²) in [4.78, 5) is 0. The fourth-order valence-electron chi connectivity index (χ4n) is 0.486. The fraction of sp³-hybridized carbons (Fsp3) is 0.857. The van der Waals surface area contributed by atoms with Gasteiger partial charge in [0.05, 0.1) is 13.2 Å². The Morgan fingerprint density at radius 3 is 2.67 bits per heavy atom. The first-order chi connectivity index (χ1) is 4.27. The molecular formula is C7H17NO. The maximum atomic E-state index is 5.26. The molecule has 2 heteroatoms. The van der Waals surface area contributed by atoms with Crippen LogP contribution in [-0.2, 0) is 4.74 Å². The van der Waals surface area contributed by atoms with Crippen LogP contribution in [0.5, 0.6) is 0 Å². The molecule has 56 valence electrons. The van der Waals surface area contributed by atoms with Crippen LogP contribution in [0.15, 0.2) is 0 Å². The number of hydrogen-bond acceptors (Lipinski definition) is 1. The van der Waals surface area contributed by atoms with Crippen molar-refractivity contribution >= 4 is 0 Å². The minimum atomic E-state index is 0.648.